The van der Waals surface area contributed by atoms with Crippen molar-refractivity contribution in [1.29, 1.82) is 0 Å². The van der Waals surface area contributed by atoms with Crippen LogP contribution in [0.4, 0.5) is 0 Å². The standard InChI is InChI=1S/C27H37NO2/c1-26(2)15-13-21-18-22(19-28-17-9-8-12-20-10-6-5-7-11-20)25-23(24(21)29-26)14-16-27(3,4)30-25/h5-7,10-11,18,28H,8-9,12-17,19H2,1-4H3. The van der Waals surface area contributed by atoms with Gasteiger partial charge < -0.3 is 14.8 Å². The number of hydrogen-bond donors (Lipinski definition) is 1. The minimum atomic E-state index is -0.115. The van der Waals surface area contributed by atoms with E-state index in [-0.39, 0.29) is 11.2 Å². The molecule has 162 valence electrons. The lowest BCUT2D eigenvalue weighted by molar-refractivity contribution is 0.0657. The third-order valence-electron chi connectivity index (χ3n) is 6.44. The van der Waals surface area contributed by atoms with E-state index in [2.05, 4.69) is 69.4 Å². The summed E-state index contributed by atoms with van der Waals surface area (Å²) in [5.41, 5.74) is 5.17. The first kappa shape index (κ1) is 21.2. The van der Waals surface area contributed by atoms with E-state index in [0.29, 0.717) is 0 Å². The van der Waals surface area contributed by atoms with E-state index in [0.717, 1.165) is 56.7 Å². The number of unbranched alkanes of at least 4 members (excludes halogenated alkanes) is 1. The van der Waals surface area contributed by atoms with Gasteiger partial charge in [0, 0.05) is 17.7 Å². The van der Waals surface area contributed by atoms with E-state index in [1.807, 2.05) is 0 Å². The second-order valence-electron chi connectivity index (χ2n) is 10.2. The van der Waals surface area contributed by atoms with Gasteiger partial charge in [-0.15, -0.1) is 0 Å². The largest absolute Gasteiger partial charge is 0.487 e. The lowest BCUT2D eigenvalue weighted by Crippen LogP contribution is -2.37. The second kappa shape index (κ2) is 8.63. The average Bonchev–Trinajstić information content (AvgIpc) is 2.70. The molecule has 2 aliphatic rings. The van der Waals surface area contributed by atoms with E-state index >= 15 is 0 Å². The molecule has 2 aliphatic heterocycles. The third kappa shape index (κ3) is 5.00. The van der Waals surface area contributed by atoms with Crippen molar-refractivity contribution < 1.29 is 9.47 Å². The molecule has 3 heteroatoms. The highest BCUT2D eigenvalue weighted by molar-refractivity contribution is 5.57. The highest BCUT2D eigenvalue weighted by Crippen LogP contribution is 2.46. The Kier molecular flexibility index (Phi) is 6.11. The van der Waals surface area contributed by atoms with E-state index in [1.165, 1.54) is 35.1 Å². The Morgan fingerprint density at radius 1 is 0.867 bits per heavy atom. The molecule has 0 aromatic heterocycles. The van der Waals surface area contributed by atoms with E-state index in [1.54, 1.807) is 0 Å². The fourth-order valence-electron chi connectivity index (χ4n) is 4.59. The summed E-state index contributed by atoms with van der Waals surface area (Å²) in [6.07, 6.45) is 7.78. The quantitative estimate of drug-likeness (QED) is 0.571. The zero-order valence-electron chi connectivity index (χ0n) is 19.1. The summed E-state index contributed by atoms with van der Waals surface area (Å²) in [4.78, 5) is 0. The molecule has 0 saturated heterocycles. The van der Waals surface area contributed by atoms with Gasteiger partial charge in [0.2, 0.25) is 0 Å². The minimum absolute atomic E-state index is 0.0910. The molecule has 0 amide bonds. The van der Waals surface area contributed by atoms with Gasteiger partial charge in [0.05, 0.1) is 0 Å². The molecule has 0 radical (unpaired) electrons. The Morgan fingerprint density at radius 2 is 1.57 bits per heavy atom. The van der Waals surface area contributed by atoms with Gasteiger partial charge in [-0.25, -0.2) is 0 Å². The van der Waals surface area contributed by atoms with Crippen molar-refractivity contribution in [3.8, 4) is 11.5 Å². The summed E-state index contributed by atoms with van der Waals surface area (Å²) < 4.78 is 12.9. The molecule has 0 fully saturated rings. The van der Waals surface area contributed by atoms with Gasteiger partial charge in [-0.3, -0.25) is 0 Å². The smallest absolute Gasteiger partial charge is 0.131 e. The number of fused-ring (bicyclic) bond motifs is 3. The number of aryl methyl sites for hydroxylation is 2. The highest BCUT2D eigenvalue weighted by atomic mass is 16.5. The van der Waals surface area contributed by atoms with E-state index in [9.17, 15) is 0 Å². The lowest BCUT2D eigenvalue weighted by Gasteiger charge is -2.39. The normalized spacial score (nSPS) is 18.7. The fourth-order valence-corrected chi connectivity index (χ4v) is 4.59. The molecule has 1 N–H and O–H groups in total. The van der Waals surface area contributed by atoms with E-state index in [4.69, 9.17) is 9.47 Å². The molecule has 0 aliphatic carbocycles. The van der Waals surface area contributed by atoms with Gasteiger partial charge in [-0.1, -0.05) is 30.3 Å². The lowest BCUT2D eigenvalue weighted by atomic mass is 9.86. The average molecular weight is 408 g/mol. The van der Waals surface area contributed by atoms with Gasteiger partial charge in [0.15, 0.2) is 0 Å². The predicted molar refractivity (Wildman–Crippen MR) is 124 cm³/mol. The molecule has 0 unspecified atom stereocenters. The SMILES string of the molecule is CC1(C)CCc2cc(CNCCCCc3ccccc3)c3c(c2O1)CCC(C)(C)O3. The minimum Gasteiger partial charge on any atom is -0.487 e. The topological polar surface area (TPSA) is 30.5 Å². The molecule has 0 bridgehead atoms. The van der Waals surface area contributed by atoms with Crippen LogP contribution >= 0.6 is 0 Å². The molecule has 0 saturated carbocycles. The van der Waals surface area contributed by atoms with Gasteiger partial charge >= 0.3 is 0 Å². The van der Waals surface area contributed by atoms with Gasteiger partial charge in [0.1, 0.15) is 22.7 Å². The first-order valence-corrected chi connectivity index (χ1v) is 11.6. The molecular weight excluding hydrogens is 370 g/mol. The van der Waals surface area contributed by atoms with Crippen molar-refractivity contribution in [3.05, 3.63) is 58.7 Å². The molecule has 2 heterocycles. The van der Waals surface area contributed by atoms with Gasteiger partial charge in [-0.05, 0) is 96.4 Å². The Balaban J connectivity index is 1.41. The van der Waals surface area contributed by atoms with Crippen LogP contribution in [0, 0.1) is 0 Å². The van der Waals surface area contributed by atoms with Crippen LogP contribution in [0.15, 0.2) is 36.4 Å². The van der Waals surface area contributed by atoms with Crippen molar-refractivity contribution in [2.24, 2.45) is 0 Å². The van der Waals surface area contributed by atoms with Crippen LogP contribution in [0.5, 0.6) is 11.5 Å². The predicted octanol–water partition coefficient (Wildman–Crippen LogP) is 6.01. The van der Waals surface area contributed by atoms with Crippen LogP contribution in [0.3, 0.4) is 0 Å². The van der Waals surface area contributed by atoms with Crippen LogP contribution in [0.25, 0.3) is 0 Å². The number of nitrogens with one attached hydrogen (secondary N) is 1. The van der Waals surface area contributed by atoms with E-state index < -0.39 is 0 Å². The summed E-state index contributed by atoms with van der Waals surface area (Å²) in [6.45, 7) is 10.7. The third-order valence-corrected chi connectivity index (χ3v) is 6.44. The Morgan fingerprint density at radius 3 is 2.33 bits per heavy atom. The summed E-state index contributed by atoms with van der Waals surface area (Å²) >= 11 is 0. The highest BCUT2D eigenvalue weighted by Gasteiger charge is 2.35. The van der Waals surface area contributed by atoms with Crippen LogP contribution in [0.1, 0.15) is 75.6 Å². The van der Waals surface area contributed by atoms with Crippen molar-refractivity contribution in [2.75, 3.05) is 6.54 Å². The summed E-state index contributed by atoms with van der Waals surface area (Å²) in [5.74, 6) is 2.17. The summed E-state index contributed by atoms with van der Waals surface area (Å²) in [6, 6.07) is 13.1. The number of rotatable bonds is 7. The number of ether oxygens (including phenoxy) is 2. The molecule has 3 nitrogen and oxygen atoms in total. The zero-order chi connectivity index (χ0) is 21.2. The van der Waals surface area contributed by atoms with Crippen LogP contribution in [-0.4, -0.2) is 17.7 Å². The fraction of sp³-hybridized carbons (Fsp3) is 0.556. The summed E-state index contributed by atoms with van der Waals surface area (Å²) in [5, 5.41) is 3.67. The van der Waals surface area contributed by atoms with Gasteiger partial charge in [0.25, 0.3) is 0 Å². The molecular formula is C27H37NO2. The summed E-state index contributed by atoms with van der Waals surface area (Å²) in [7, 11) is 0. The molecule has 0 atom stereocenters. The molecule has 2 aromatic carbocycles. The number of benzene rings is 2. The van der Waals surface area contributed by atoms with Crippen LogP contribution < -0.4 is 14.8 Å². The molecule has 2 aromatic rings. The maximum absolute atomic E-state index is 6.50. The first-order valence-electron chi connectivity index (χ1n) is 11.6. The Bertz CT molecular complexity index is 870. The van der Waals surface area contributed by atoms with Crippen molar-refractivity contribution >= 4 is 0 Å². The van der Waals surface area contributed by atoms with Crippen molar-refractivity contribution in [2.45, 2.75) is 90.4 Å². The Labute approximate surface area is 182 Å². The zero-order valence-corrected chi connectivity index (χ0v) is 19.1. The van der Waals surface area contributed by atoms with Gasteiger partial charge in [-0.2, -0.15) is 0 Å². The molecule has 4 rings (SSSR count). The maximum Gasteiger partial charge on any atom is 0.131 e. The molecule has 30 heavy (non-hydrogen) atoms. The van der Waals surface area contributed by atoms with Crippen LogP contribution in [-0.2, 0) is 25.8 Å². The second-order valence-corrected chi connectivity index (χ2v) is 10.2. The Hall–Kier alpha value is -2.00. The van der Waals surface area contributed by atoms with Crippen LogP contribution in [0.2, 0.25) is 0 Å². The molecule has 0 spiro atoms. The number of hydrogen-bond acceptors (Lipinski definition) is 3. The van der Waals surface area contributed by atoms with Crippen molar-refractivity contribution in [3.63, 3.8) is 0 Å². The first-order chi connectivity index (χ1) is 14.3. The monoisotopic (exact) mass is 407 g/mol. The van der Waals surface area contributed by atoms with Crippen molar-refractivity contribution in [1.82, 2.24) is 5.32 Å². The maximum atomic E-state index is 6.50.